The number of hydrogen-bond acceptors (Lipinski definition) is 3. The van der Waals surface area contributed by atoms with Crippen LogP contribution in [0, 0.1) is 5.92 Å². The summed E-state index contributed by atoms with van der Waals surface area (Å²) in [5.74, 6) is 1.51. The van der Waals surface area contributed by atoms with Crippen molar-refractivity contribution >= 4 is 9.24 Å². The molecule has 0 aromatic heterocycles. The third kappa shape index (κ3) is 5.13. The molecule has 3 aliphatic rings. The van der Waals surface area contributed by atoms with Crippen molar-refractivity contribution in [1.29, 1.82) is 0 Å². The van der Waals surface area contributed by atoms with E-state index in [9.17, 15) is 4.39 Å². The van der Waals surface area contributed by atoms with Gasteiger partial charge >= 0.3 is 0 Å². The zero-order valence-electron chi connectivity index (χ0n) is 18.1. The van der Waals surface area contributed by atoms with Gasteiger partial charge in [0.25, 0.3) is 0 Å². The van der Waals surface area contributed by atoms with Crippen LogP contribution in [-0.4, -0.2) is 23.2 Å². The van der Waals surface area contributed by atoms with E-state index in [-0.39, 0.29) is 5.16 Å². The van der Waals surface area contributed by atoms with E-state index in [1.165, 1.54) is 36.8 Å². The molecule has 0 radical (unpaired) electrons. The van der Waals surface area contributed by atoms with Crippen molar-refractivity contribution in [2.75, 3.05) is 13.2 Å². The predicted molar refractivity (Wildman–Crippen MR) is 127 cm³/mol. The van der Waals surface area contributed by atoms with Crippen LogP contribution in [0.3, 0.4) is 0 Å². The van der Waals surface area contributed by atoms with E-state index < -0.39 is 6.17 Å². The summed E-state index contributed by atoms with van der Waals surface area (Å²) in [6.07, 6.45) is 3.95. The number of hydrogen-bond donors (Lipinski definition) is 1. The van der Waals surface area contributed by atoms with Gasteiger partial charge < -0.3 is 10.1 Å². The molecule has 0 saturated heterocycles. The van der Waals surface area contributed by atoms with Crippen LogP contribution >= 0.6 is 9.24 Å². The van der Waals surface area contributed by atoms with E-state index in [0.29, 0.717) is 12.5 Å². The van der Waals surface area contributed by atoms with Crippen LogP contribution in [-0.2, 0) is 19.6 Å². The Balaban J connectivity index is 1.16. The lowest BCUT2D eigenvalue weighted by atomic mass is 9.97. The lowest BCUT2D eigenvalue weighted by Gasteiger charge is -2.31. The molecule has 5 heteroatoms. The minimum Gasteiger partial charge on any atom is -0.493 e. The molecule has 2 aromatic rings. The summed E-state index contributed by atoms with van der Waals surface area (Å²) < 4.78 is 20.8. The van der Waals surface area contributed by atoms with Gasteiger partial charge in [0.1, 0.15) is 11.9 Å². The molecule has 5 rings (SSSR count). The van der Waals surface area contributed by atoms with Crippen LogP contribution < -0.4 is 10.1 Å². The molecule has 2 aliphatic carbocycles. The smallest absolute Gasteiger partial charge is 0.138 e. The molecule has 0 bridgehead atoms. The number of benzene rings is 2. The van der Waals surface area contributed by atoms with Crippen molar-refractivity contribution < 1.29 is 9.13 Å². The Morgan fingerprint density at radius 1 is 1.16 bits per heavy atom. The highest BCUT2D eigenvalue weighted by Gasteiger charge is 2.40. The molecule has 1 aliphatic heterocycles. The Bertz CT molecular complexity index is 952. The molecule has 2 atom stereocenters. The molecule has 2 saturated carbocycles. The Hall–Kier alpha value is -1.90. The monoisotopic (exact) mass is 438 g/mol. The van der Waals surface area contributed by atoms with Crippen molar-refractivity contribution in [2.45, 2.75) is 56.6 Å². The molecule has 1 heterocycles. The van der Waals surface area contributed by atoms with Crippen LogP contribution in [0.5, 0.6) is 5.75 Å². The second-order valence-electron chi connectivity index (χ2n) is 9.56. The summed E-state index contributed by atoms with van der Waals surface area (Å²) in [7, 11) is 2.92. The second-order valence-corrected chi connectivity index (χ2v) is 10.7. The minimum absolute atomic E-state index is 0.220. The van der Waals surface area contributed by atoms with Crippen molar-refractivity contribution in [3.63, 3.8) is 0 Å². The topological polar surface area (TPSA) is 24.5 Å². The molecule has 0 amide bonds. The van der Waals surface area contributed by atoms with Gasteiger partial charge in [-0.2, -0.15) is 0 Å². The molecule has 2 unspecified atom stereocenters. The maximum absolute atomic E-state index is 14.9. The van der Waals surface area contributed by atoms with Gasteiger partial charge in [-0.1, -0.05) is 36.9 Å². The van der Waals surface area contributed by atoms with Gasteiger partial charge in [-0.05, 0) is 66.0 Å². The highest BCUT2D eigenvalue weighted by molar-refractivity contribution is 7.20. The summed E-state index contributed by atoms with van der Waals surface area (Å²) in [6.45, 7) is 7.69. The number of nitrogens with one attached hydrogen (secondary N) is 1. The van der Waals surface area contributed by atoms with Gasteiger partial charge in [0, 0.05) is 37.0 Å². The Morgan fingerprint density at radius 3 is 2.61 bits per heavy atom. The quantitative estimate of drug-likeness (QED) is 0.523. The van der Waals surface area contributed by atoms with Crippen molar-refractivity contribution in [3.8, 4) is 5.75 Å². The van der Waals surface area contributed by atoms with E-state index in [4.69, 9.17) is 4.74 Å². The van der Waals surface area contributed by atoms with Crippen LogP contribution in [0.15, 0.2) is 54.7 Å². The number of rotatable bonds is 9. The largest absolute Gasteiger partial charge is 0.493 e. The first-order chi connectivity index (χ1) is 15.0. The summed E-state index contributed by atoms with van der Waals surface area (Å²) in [5, 5.41) is 3.68. The van der Waals surface area contributed by atoms with Gasteiger partial charge in [0.05, 0.1) is 6.61 Å². The fraction of sp³-hybridized carbons (Fsp3) is 0.462. The lowest BCUT2D eigenvalue weighted by molar-refractivity contribution is 0.158. The fourth-order valence-corrected chi connectivity index (χ4v) is 4.44. The van der Waals surface area contributed by atoms with E-state index >= 15 is 0 Å². The third-order valence-electron chi connectivity index (χ3n) is 6.77. The van der Waals surface area contributed by atoms with E-state index in [1.807, 2.05) is 18.2 Å². The number of ether oxygens (including phenoxy) is 1. The Morgan fingerprint density at radius 2 is 1.90 bits per heavy atom. The molecular weight excluding hydrogens is 406 g/mol. The van der Waals surface area contributed by atoms with Gasteiger partial charge in [-0.3, -0.25) is 4.90 Å². The number of fused-ring (bicyclic) bond motifs is 1. The maximum atomic E-state index is 14.9. The summed E-state index contributed by atoms with van der Waals surface area (Å²) >= 11 is 0. The summed E-state index contributed by atoms with van der Waals surface area (Å²) in [6, 6.07) is 14.6. The Kier molecular flexibility index (Phi) is 5.79. The first-order valence-corrected chi connectivity index (χ1v) is 12.0. The molecule has 2 aromatic carbocycles. The van der Waals surface area contributed by atoms with Crippen LogP contribution in [0.4, 0.5) is 4.39 Å². The molecular formula is C26H32FN2OP. The van der Waals surface area contributed by atoms with Crippen molar-refractivity contribution in [2.24, 2.45) is 5.92 Å². The van der Waals surface area contributed by atoms with Gasteiger partial charge in [0.2, 0.25) is 0 Å². The minimum atomic E-state index is -0.968. The Labute approximate surface area is 187 Å². The number of alkyl halides is 1. The first kappa shape index (κ1) is 21.0. The van der Waals surface area contributed by atoms with Crippen LogP contribution in [0.2, 0.25) is 0 Å². The van der Waals surface area contributed by atoms with E-state index in [0.717, 1.165) is 48.8 Å². The van der Waals surface area contributed by atoms with Crippen LogP contribution in [0.25, 0.3) is 0 Å². The van der Waals surface area contributed by atoms with E-state index in [2.05, 4.69) is 50.3 Å². The van der Waals surface area contributed by atoms with Crippen molar-refractivity contribution in [1.82, 2.24) is 10.2 Å². The van der Waals surface area contributed by atoms with E-state index in [1.54, 1.807) is 0 Å². The normalized spacial score (nSPS) is 21.9. The molecule has 164 valence electrons. The number of halogens is 1. The number of nitrogens with zero attached hydrogens (tertiary/aromatic N) is 1. The average molecular weight is 439 g/mol. The van der Waals surface area contributed by atoms with Gasteiger partial charge in [-0.15, -0.1) is 9.24 Å². The zero-order valence-corrected chi connectivity index (χ0v) is 19.2. The first-order valence-electron chi connectivity index (χ1n) is 11.4. The second kappa shape index (κ2) is 8.56. The lowest BCUT2D eigenvalue weighted by Crippen LogP contribution is -2.31. The molecule has 31 heavy (non-hydrogen) atoms. The highest BCUT2D eigenvalue weighted by atomic mass is 31.0. The third-order valence-corrected chi connectivity index (χ3v) is 7.70. The maximum Gasteiger partial charge on any atom is 0.138 e. The summed E-state index contributed by atoms with van der Waals surface area (Å²) in [4.78, 5) is 2.19. The molecule has 2 fully saturated rings. The standard InChI is InChI=1S/C26H32FN2OP/c1-18(26(31)10-11-26)28-13-19-2-4-20(5-3-19)14-29-15-22-8-9-23(30-17-21-6-7-21)12-24(22)25(27)16-29/h2-5,8-9,12,21,25,28H,1,6-7,10-11,13-17,31H2. The van der Waals surface area contributed by atoms with Gasteiger partial charge in [-0.25, -0.2) is 4.39 Å². The molecule has 1 N–H and O–H groups in total. The fourth-order valence-electron chi connectivity index (χ4n) is 4.19. The van der Waals surface area contributed by atoms with Gasteiger partial charge in [0.15, 0.2) is 0 Å². The molecule has 0 spiro atoms. The predicted octanol–water partition coefficient (Wildman–Crippen LogP) is 5.51. The van der Waals surface area contributed by atoms with Crippen LogP contribution in [0.1, 0.15) is 54.1 Å². The molecule has 3 nitrogen and oxygen atoms in total. The number of allylic oxidation sites excluding steroid dienone is 1. The average Bonchev–Trinajstić information content (AvgIpc) is 3.69. The highest BCUT2D eigenvalue weighted by Crippen LogP contribution is 2.49. The SMILES string of the molecule is C=C(NCc1ccc(CN2Cc3ccc(OCC4CC4)cc3C(F)C2)cc1)C1(P)CC1. The summed E-state index contributed by atoms with van der Waals surface area (Å²) in [5.41, 5.74) is 5.44. The van der Waals surface area contributed by atoms with Crippen molar-refractivity contribution in [3.05, 3.63) is 77.0 Å². The zero-order chi connectivity index (χ0) is 21.4.